The topological polar surface area (TPSA) is 49.6 Å². The number of hydrogen-bond donors (Lipinski definition) is 1. The lowest BCUT2D eigenvalue weighted by atomic mass is 9.71. The van der Waals surface area contributed by atoms with Gasteiger partial charge in [-0.15, -0.1) is 0 Å². The summed E-state index contributed by atoms with van der Waals surface area (Å²) in [5.74, 6) is 0.257. The standard InChI is InChI=1S/C20H33N3O/c1-22(2)13-14-23(16-18-9-5-3-6-10-18)19(24)15-20(17-21)11-7-4-8-12-20/h3,5-6,9-10H,4,7-8,11-17,21H2,1-2H3. The molecule has 1 saturated carbocycles. The number of nitrogens with zero attached hydrogens (tertiary/aromatic N) is 2. The molecule has 134 valence electrons. The van der Waals surface area contributed by atoms with E-state index in [9.17, 15) is 4.79 Å². The predicted octanol–water partition coefficient (Wildman–Crippen LogP) is 2.88. The summed E-state index contributed by atoms with van der Waals surface area (Å²) in [4.78, 5) is 17.2. The van der Waals surface area contributed by atoms with Crippen molar-refractivity contribution in [3.63, 3.8) is 0 Å². The summed E-state index contributed by atoms with van der Waals surface area (Å²) in [5, 5.41) is 0. The van der Waals surface area contributed by atoms with Gasteiger partial charge < -0.3 is 15.5 Å². The maximum atomic E-state index is 13.0. The molecule has 1 aromatic rings. The van der Waals surface area contributed by atoms with Crippen LogP contribution in [0, 0.1) is 5.41 Å². The molecule has 0 unspecified atom stereocenters. The van der Waals surface area contributed by atoms with Crippen LogP contribution in [0.4, 0.5) is 0 Å². The number of amides is 1. The normalized spacial score (nSPS) is 17.0. The molecule has 1 aliphatic carbocycles. The average molecular weight is 332 g/mol. The van der Waals surface area contributed by atoms with Crippen molar-refractivity contribution in [3.8, 4) is 0 Å². The molecule has 1 aliphatic rings. The zero-order valence-electron chi connectivity index (χ0n) is 15.3. The van der Waals surface area contributed by atoms with Gasteiger partial charge in [-0.2, -0.15) is 0 Å². The van der Waals surface area contributed by atoms with Gasteiger partial charge in [0.15, 0.2) is 0 Å². The van der Waals surface area contributed by atoms with E-state index in [1.54, 1.807) is 0 Å². The van der Waals surface area contributed by atoms with Crippen molar-refractivity contribution >= 4 is 5.91 Å². The van der Waals surface area contributed by atoms with Crippen LogP contribution in [0.3, 0.4) is 0 Å². The van der Waals surface area contributed by atoms with Crippen molar-refractivity contribution in [2.75, 3.05) is 33.7 Å². The van der Waals surface area contributed by atoms with E-state index in [0.717, 1.165) is 25.9 Å². The van der Waals surface area contributed by atoms with Crippen molar-refractivity contribution in [1.82, 2.24) is 9.80 Å². The molecule has 2 rings (SSSR count). The number of hydrogen-bond acceptors (Lipinski definition) is 3. The van der Waals surface area contributed by atoms with Gasteiger partial charge in [0.05, 0.1) is 0 Å². The Labute approximate surface area is 147 Å². The summed E-state index contributed by atoms with van der Waals surface area (Å²) in [7, 11) is 4.10. The molecule has 1 aromatic carbocycles. The number of benzene rings is 1. The minimum atomic E-state index is 0.0301. The fourth-order valence-corrected chi connectivity index (χ4v) is 3.60. The number of carbonyl (C=O) groups is 1. The van der Waals surface area contributed by atoms with Gasteiger partial charge in [0.25, 0.3) is 0 Å². The van der Waals surface area contributed by atoms with Crippen LogP contribution in [-0.2, 0) is 11.3 Å². The molecule has 4 heteroatoms. The van der Waals surface area contributed by atoms with Crippen LogP contribution in [0.2, 0.25) is 0 Å². The minimum Gasteiger partial charge on any atom is -0.337 e. The zero-order chi connectivity index (χ0) is 17.4. The Kier molecular flexibility index (Phi) is 7.25. The average Bonchev–Trinajstić information content (AvgIpc) is 2.60. The molecule has 0 aliphatic heterocycles. The van der Waals surface area contributed by atoms with E-state index in [0.29, 0.717) is 19.5 Å². The van der Waals surface area contributed by atoms with E-state index in [2.05, 4.69) is 17.0 Å². The highest BCUT2D eigenvalue weighted by atomic mass is 16.2. The largest absolute Gasteiger partial charge is 0.337 e. The van der Waals surface area contributed by atoms with Crippen LogP contribution >= 0.6 is 0 Å². The molecule has 0 heterocycles. The van der Waals surface area contributed by atoms with E-state index in [1.807, 2.05) is 37.2 Å². The third-order valence-electron chi connectivity index (χ3n) is 5.26. The molecule has 24 heavy (non-hydrogen) atoms. The van der Waals surface area contributed by atoms with Gasteiger partial charge in [-0.3, -0.25) is 4.79 Å². The highest BCUT2D eigenvalue weighted by Crippen LogP contribution is 2.38. The quantitative estimate of drug-likeness (QED) is 0.797. The smallest absolute Gasteiger partial charge is 0.223 e. The first-order chi connectivity index (χ1) is 11.5. The number of carbonyl (C=O) groups excluding carboxylic acids is 1. The summed E-state index contributed by atoms with van der Waals surface area (Å²) in [5.41, 5.74) is 7.30. The third-order valence-corrected chi connectivity index (χ3v) is 5.26. The van der Waals surface area contributed by atoms with Gasteiger partial charge in [-0.25, -0.2) is 0 Å². The summed E-state index contributed by atoms with van der Waals surface area (Å²) < 4.78 is 0. The van der Waals surface area contributed by atoms with Crippen LogP contribution in [-0.4, -0.2) is 49.4 Å². The summed E-state index contributed by atoms with van der Waals surface area (Å²) in [6.07, 6.45) is 6.50. The first-order valence-electron chi connectivity index (χ1n) is 9.21. The Morgan fingerprint density at radius 1 is 1.08 bits per heavy atom. The number of likely N-dealkylation sites (N-methyl/N-ethyl adjacent to an activating group) is 1. The van der Waals surface area contributed by atoms with Gasteiger partial charge in [-0.05, 0) is 44.5 Å². The second-order valence-electron chi connectivity index (χ2n) is 7.55. The van der Waals surface area contributed by atoms with Gasteiger partial charge >= 0.3 is 0 Å². The van der Waals surface area contributed by atoms with Gasteiger partial charge in [0.2, 0.25) is 5.91 Å². The first-order valence-corrected chi connectivity index (χ1v) is 9.21. The summed E-state index contributed by atoms with van der Waals surface area (Å²) in [6, 6.07) is 10.3. The summed E-state index contributed by atoms with van der Waals surface area (Å²) >= 11 is 0. The molecular formula is C20H33N3O. The van der Waals surface area contributed by atoms with Crippen molar-refractivity contribution in [1.29, 1.82) is 0 Å². The van der Waals surface area contributed by atoms with Crippen molar-refractivity contribution < 1.29 is 4.79 Å². The molecule has 0 saturated heterocycles. The van der Waals surface area contributed by atoms with Crippen LogP contribution in [0.15, 0.2) is 30.3 Å². The molecule has 0 bridgehead atoms. The van der Waals surface area contributed by atoms with Crippen LogP contribution in [0.1, 0.15) is 44.1 Å². The minimum absolute atomic E-state index is 0.0301. The Balaban J connectivity index is 2.05. The summed E-state index contributed by atoms with van der Waals surface area (Å²) in [6.45, 7) is 2.97. The predicted molar refractivity (Wildman–Crippen MR) is 99.6 cm³/mol. The van der Waals surface area contributed by atoms with Crippen LogP contribution in [0.25, 0.3) is 0 Å². The van der Waals surface area contributed by atoms with Gasteiger partial charge in [-0.1, -0.05) is 49.6 Å². The van der Waals surface area contributed by atoms with Crippen molar-refractivity contribution in [2.24, 2.45) is 11.1 Å². The lowest BCUT2D eigenvalue weighted by molar-refractivity contribution is -0.135. The Morgan fingerprint density at radius 3 is 2.33 bits per heavy atom. The molecule has 2 N–H and O–H groups in total. The van der Waals surface area contributed by atoms with E-state index in [1.165, 1.54) is 24.8 Å². The number of nitrogens with two attached hydrogens (primary N) is 1. The van der Waals surface area contributed by atoms with E-state index in [4.69, 9.17) is 5.73 Å². The fraction of sp³-hybridized carbons (Fsp3) is 0.650. The van der Waals surface area contributed by atoms with Gasteiger partial charge in [0.1, 0.15) is 0 Å². The van der Waals surface area contributed by atoms with Crippen LogP contribution in [0.5, 0.6) is 0 Å². The first kappa shape index (κ1) is 18.9. The maximum Gasteiger partial charge on any atom is 0.223 e. The third kappa shape index (κ3) is 5.60. The SMILES string of the molecule is CN(C)CCN(Cc1ccccc1)C(=O)CC1(CN)CCCCC1. The fourth-order valence-electron chi connectivity index (χ4n) is 3.60. The van der Waals surface area contributed by atoms with E-state index < -0.39 is 0 Å². The lowest BCUT2D eigenvalue weighted by Gasteiger charge is -2.37. The number of rotatable bonds is 8. The molecule has 0 spiro atoms. The highest BCUT2D eigenvalue weighted by Gasteiger charge is 2.34. The Hall–Kier alpha value is -1.39. The molecular weight excluding hydrogens is 298 g/mol. The molecule has 1 amide bonds. The highest BCUT2D eigenvalue weighted by molar-refractivity contribution is 5.77. The van der Waals surface area contributed by atoms with Crippen molar-refractivity contribution in [3.05, 3.63) is 35.9 Å². The second kappa shape index (κ2) is 9.19. The van der Waals surface area contributed by atoms with E-state index >= 15 is 0 Å². The van der Waals surface area contributed by atoms with E-state index in [-0.39, 0.29) is 11.3 Å². The van der Waals surface area contributed by atoms with Gasteiger partial charge in [0, 0.05) is 26.1 Å². The van der Waals surface area contributed by atoms with Crippen molar-refractivity contribution in [2.45, 2.75) is 45.1 Å². The lowest BCUT2D eigenvalue weighted by Crippen LogP contribution is -2.42. The molecule has 0 radical (unpaired) electrons. The zero-order valence-corrected chi connectivity index (χ0v) is 15.3. The van der Waals surface area contributed by atoms with Crippen LogP contribution < -0.4 is 5.73 Å². The Morgan fingerprint density at radius 2 is 1.75 bits per heavy atom. The molecule has 4 nitrogen and oxygen atoms in total. The monoisotopic (exact) mass is 331 g/mol. The Bertz CT molecular complexity index is 495. The molecule has 1 fully saturated rings. The molecule has 0 atom stereocenters. The molecule has 0 aromatic heterocycles. The maximum absolute atomic E-state index is 13.0. The second-order valence-corrected chi connectivity index (χ2v) is 7.55.